The number of carbonyl (C=O) groups is 3. The van der Waals surface area contributed by atoms with Gasteiger partial charge < -0.3 is 37.4 Å². The maximum atomic E-state index is 12.7. The summed E-state index contributed by atoms with van der Waals surface area (Å²) in [7, 11) is -22.9. The third-order valence-electron chi connectivity index (χ3n) is 14.4. The fourth-order valence-electron chi connectivity index (χ4n) is 10.7. The molecule has 4 aromatic carbocycles. The maximum Gasteiger partial charge on any atom is 0.333 e. The lowest BCUT2D eigenvalue weighted by molar-refractivity contribution is -0.437. The van der Waals surface area contributed by atoms with Gasteiger partial charge in [0.25, 0.3) is 21.9 Å². The first-order valence-electron chi connectivity index (χ1n) is 25.0. The molecule has 0 aliphatic carbocycles. The van der Waals surface area contributed by atoms with Crippen molar-refractivity contribution in [3.8, 4) is 0 Å². The van der Waals surface area contributed by atoms with E-state index in [1.165, 1.54) is 32.4 Å². The lowest BCUT2D eigenvalue weighted by Gasteiger charge is -2.31. The van der Waals surface area contributed by atoms with Crippen LogP contribution in [-0.2, 0) is 90.1 Å². The number of nitrogens with zero attached hydrogens (tertiary/aromatic N) is 3. The summed E-state index contributed by atoms with van der Waals surface area (Å²) in [6.07, 6.45) is 12.6. The Hall–Kier alpha value is -6.09. The molecule has 4 aromatic rings. The monoisotopic (exact) mass is 1220 g/mol. The van der Waals surface area contributed by atoms with Crippen LogP contribution in [0.1, 0.15) is 82.8 Å². The molecule has 1 saturated heterocycles. The third kappa shape index (κ3) is 13.6. The largest absolute Gasteiger partial charge is 0.744 e. The Bertz CT molecular complexity index is 3970. The molecule has 0 radical (unpaired) electrons. The Kier molecular flexibility index (Phi) is 18.5. The van der Waals surface area contributed by atoms with E-state index in [2.05, 4.69) is 0 Å². The van der Waals surface area contributed by atoms with Gasteiger partial charge in [0, 0.05) is 99.6 Å². The second-order valence-corrected chi connectivity index (χ2v) is 26.8. The number of methoxy groups -OCH3 is 2. The third-order valence-corrected chi connectivity index (χ3v) is 18.6. The first kappa shape index (κ1) is 62.5. The van der Waals surface area contributed by atoms with Crippen LogP contribution in [0.25, 0.3) is 21.5 Å². The number of imide groups is 1. The summed E-state index contributed by atoms with van der Waals surface area (Å²) in [6, 6.07) is 8.73. The number of benzene rings is 4. The number of hydrogen-bond donors (Lipinski definition) is 1. The van der Waals surface area contributed by atoms with Crippen LogP contribution < -0.4 is 4.90 Å². The smallest absolute Gasteiger partial charge is 0.333 e. The highest BCUT2D eigenvalue weighted by atomic mass is 32.2. The Balaban J connectivity index is 1.29. The van der Waals surface area contributed by atoms with E-state index >= 15 is 0 Å². The molecule has 3 aliphatic heterocycles. The number of unbranched alkanes of at least 4 members (excludes halogenated alkanes) is 2. The summed E-state index contributed by atoms with van der Waals surface area (Å²) in [5.41, 5.74) is 0.180. The molecule has 24 nitrogen and oxygen atoms in total. The quantitative estimate of drug-likeness (QED) is 0.0306. The number of anilines is 1. The van der Waals surface area contributed by atoms with Crippen LogP contribution in [-0.4, -0.2) is 144 Å². The van der Waals surface area contributed by atoms with Crippen molar-refractivity contribution in [2.45, 2.75) is 102 Å². The van der Waals surface area contributed by atoms with Crippen LogP contribution in [0.15, 0.2) is 116 Å². The van der Waals surface area contributed by atoms with Gasteiger partial charge in [-0.2, -0.15) is 13.0 Å². The first-order chi connectivity index (χ1) is 37.8. The molecule has 0 aromatic heterocycles. The van der Waals surface area contributed by atoms with Gasteiger partial charge in [0.2, 0.25) is 5.69 Å². The second kappa shape index (κ2) is 24.0. The van der Waals surface area contributed by atoms with Crippen LogP contribution >= 0.6 is 0 Å². The molecule has 0 spiro atoms. The van der Waals surface area contributed by atoms with Crippen molar-refractivity contribution in [1.82, 2.24) is 5.06 Å². The van der Waals surface area contributed by atoms with Gasteiger partial charge in [0.1, 0.15) is 47.0 Å². The van der Waals surface area contributed by atoms with Crippen molar-refractivity contribution in [3.05, 3.63) is 108 Å². The Morgan fingerprint density at radius 3 is 1.73 bits per heavy atom. The van der Waals surface area contributed by atoms with Crippen molar-refractivity contribution in [2.75, 3.05) is 51.2 Å². The van der Waals surface area contributed by atoms with Crippen molar-refractivity contribution in [2.24, 2.45) is 0 Å². The molecule has 2 amide bonds. The maximum absolute atomic E-state index is 12.7. The molecule has 7 rings (SSSR count). The summed E-state index contributed by atoms with van der Waals surface area (Å²) in [5.74, 6) is -2.70. The number of fused-ring (bicyclic) bond motifs is 6. The fraction of sp³-hybridized carbons (Fsp3) is 0.385. The van der Waals surface area contributed by atoms with Gasteiger partial charge in [-0.1, -0.05) is 42.9 Å². The Morgan fingerprint density at radius 1 is 0.654 bits per heavy atom. The summed E-state index contributed by atoms with van der Waals surface area (Å²) in [5, 5.41) is 0.102. The van der Waals surface area contributed by atoms with Crippen LogP contribution in [0.3, 0.4) is 0 Å². The highest BCUT2D eigenvalue weighted by Crippen LogP contribution is 2.54. The Labute approximate surface area is 468 Å². The highest BCUT2D eigenvalue weighted by molar-refractivity contribution is 7.87. The van der Waals surface area contributed by atoms with Gasteiger partial charge in [-0.25, -0.2) is 38.5 Å². The minimum atomic E-state index is -5.36. The topological polar surface area (TPSA) is 372 Å². The summed E-state index contributed by atoms with van der Waals surface area (Å²) < 4.78 is 196. The van der Waals surface area contributed by atoms with E-state index < -0.39 is 105 Å². The van der Waals surface area contributed by atoms with Crippen LogP contribution in [0.5, 0.6) is 0 Å². The van der Waals surface area contributed by atoms with E-state index in [1.54, 1.807) is 67.0 Å². The summed E-state index contributed by atoms with van der Waals surface area (Å²) in [6.45, 7) is 3.89. The van der Waals surface area contributed by atoms with Crippen molar-refractivity contribution < 1.29 is 98.1 Å². The van der Waals surface area contributed by atoms with Crippen LogP contribution in [0.4, 0.5) is 11.4 Å². The molecular weight excluding hydrogens is 1160 g/mol. The molecule has 2 atom stereocenters. The average molecular weight is 1220 g/mol. The molecule has 3 heterocycles. The lowest BCUT2D eigenvalue weighted by atomic mass is 9.75. The summed E-state index contributed by atoms with van der Waals surface area (Å²) in [4.78, 5) is 39.7. The molecule has 1 N–H and O–H groups in total. The number of rotatable bonds is 25. The van der Waals surface area contributed by atoms with Crippen LogP contribution in [0.2, 0.25) is 0 Å². The van der Waals surface area contributed by atoms with Crippen LogP contribution in [0, 0.1) is 0 Å². The first-order valence-corrected chi connectivity index (χ1v) is 32.2. The van der Waals surface area contributed by atoms with Crippen molar-refractivity contribution in [1.29, 1.82) is 0 Å². The predicted molar refractivity (Wildman–Crippen MR) is 287 cm³/mol. The number of hydrogen-bond acceptors (Lipinski definition) is 21. The molecular formula is C52H56N3O21S5-3. The molecule has 3 aliphatic rings. The zero-order chi connectivity index (χ0) is 59.7. The van der Waals surface area contributed by atoms with Gasteiger partial charge in [-0.05, 0) is 104 Å². The standard InChI is InChI=1S/C52H59N3O21S5/c1-51(23-27-74-3)44(53(25-12-8-11-16-48(58)76-55-46(56)21-22-47(55)57)40-19-17-36-38(49(40)51)30-34(78(62,63)64)32-42(36)80(68,69)70)14-9-6-5-7-10-15-45-52(2,24-28-75-4)50-39-31-35(79(65,66)67)33-43(81(71,72)73)37(39)18-20-41(50)54(45)26-13-29-77(59,60)61/h5-7,9-10,14-15,17-20,30-33H,8,11-13,16,21-29H2,1-4H3,(H4-,59,60,61,62,63,64,65,66,67,68,69,70,71,72,73)/p-3. The zero-order valence-electron chi connectivity index (χ0n) is 44.1. The molecule has 0 saturated carbocycles. The normalized spacial score (nSPS) is 19.7. The van der Waals surface area contributed by atoms with Gasteiger partial charge in [0.05, 0.1) is 30.7 Å². The van der Waals surface area contributed by atoms with E-state index in [0.29, 0.717) is 63.9 Å². The SMILES string of the molecule is COCCC1(C)C(/C=C/C=C/C=C/C=C2/N(CCCCCC(=O)ON3C(=O)CCC3=O)c3ccc4c(S(=O)(=O)[O-])cc(S(=O)(=O)[O-])cc4c3C2(C)CCOC)=[N+](CCCS(=O)(=O)O)c2ccc3c(S(=O)(=O)[O-])cc(S(=O)(=O)[O-])cc3c21. The fourth-order valence-corrected chi connectivity index (χ4v) is 13.8. The minimum Gasteiger partial charge on any atom is -0.744 e. The van der Waals surface area contributed by atoms with E-state index in [-0.39, 0.29) is 92.8 Å². The van der Waals surface area contributed by atoms with Crippen molar-refractivity contribution >= 4 is 107 Å². The lowest BCUT2D eigenvalue weighted by Crippen LogP contribution is -2.33. The number of allylic oxidation sites excluding steroid dienone is 8. The van der Waals surface area contributed by atoms with Crippen molar-refractivity contribution in [3.63, 3.8) is 0 Å². The Morgan fingerprint density at radius 2 is 1.19 bits per heavy atom. The average Bonchev–Trinajstić information content (AvgIpc) is 3.46. The number of carbonyl (C=O) groups excluding carboxylic acids is 3. The van der Waals surface area contributed by atoms with Gasteiger partial charge in [-0.15, -0.1) is 5.06 Å². The van der Waals surface area contributed by atoms with Gasteiger partial charge in [-0.3, -0.25) is 14.1 Å². The van der Waals surface area contributed by atoms with Gasteiger partial charge >= 0.3 is 5.97 Å². The van der Waals surface area contributed by atoms with E-state index in [1.807, 2.05) is 4.90 Å². The number of ether oxygens (including phenoxy) is 2. The minimum absolute atomic E-state index is 0.00413. The molecule has 0 bridgehead atoms. The van der Waals surface area contributed by atoms with Gasteiger partial charge in [0.15, 0.2) is 5.71 Å². The molecule has 1 fully saturated rings. The summed E-state index contributed by atoms with van der Waals surface area (Å²) >= 11 is 0. The number of hydroxylamine groups is 2. The molecule has 2 unspecified atom stereocenters. The molecule has 81 heavy (non-hydrogen) atoms. The van der Waals surface area contributed by atoms with E-state index in [4.69, 9.17) is 14.3 Å². The van der Waals surface area contributed by atoms with E-state index in [0.717, 1.165) is 12.1 Å². The molecule has 29 heteroatoms. The second-order valence-electron chi connectivity index (χ2n) is 19.8. The zero-order valence-corrected chi connectivity index (χ0v) is 48.1. The number of amides is 2. The van der Waals surface area contributed by atoms with E-state index in [9.17, 15) is 79.2 Å². The molecule has 438 valence electrons. The predicted octanol–water partition coefficient (Wildman–Crippen LogP) is 4.81. The highest BCUT2D eigenvalue weighted by Gasteiger charge is 2.49.